The minimum absolute atomic E-state index is 0.165. The first-order valence-electron chi connectivity index (χ1n) is 10.2. The van der Waals surface area contributed by atoms with Crippen molar-refractivity contribution in [2.75, 3.05) is 11.9 Å². The van der Waals surface area contributed by atoms with E-state index in [2.05, 4.69) is 21.7 Å². The highest BCUT2D eigenvalue weighted by Gasteiger charge is 2.19. The number of amides is 1. The van der Waals surface area contributed by atoms with E-state index in [0.717, 1.165) is 0 Å². The Kier molecular flexibility index (Phi) is 6.97. The van der Waals surface area contributed by atoms with Crippen LogP contribution in [-0.4, -0.2) is 30.7 Å². The number of carbonyl (C=O) groups is 1. The van der Waals surface area contributed by atoms with E-state index in [-0.39, 0.29) is 18.0 Å². The Morgan fingerprint density at radius 2 is 1.91 bits per heavy atom. The minimum atomic E-state index is -3.47. The summed E-state index contributed by atoms with van der Waals surface area (Å²) in [5.41, 5.74) is 2.52. The van der Waals surface area contributed by atoms with E-state index in [0.29, 0.717) is 33.4 Å². The van der Waals surface area contributed by atoms with Crippen LogP contribution in [0.25, 0.3) is 17.1 Å². The van der Waals surface area contributed by atoms with E-state index in [9.17, 15) is 13.2 Å². The summed E-state index contributed by atoms with van der Waals surface area (Å²) in [6.45, 7) is 3.66. The van der Waals surface area contributed by atoms with Gasteiger partial charge in [0.05, 0.1) is 17.7 Å². The zero-order valence-corrected chi connectivity index (χ0v) is 19.5. The van der Waals surface area contributed by atoms with Crippen LogP contribution in [0.1, 0.15) is 16.1 Å². The molecule has 2 aromatic carbocycles. The van der Waals surface area contributed by atoms with Crippen LogP contribution in [0.2, 0.25) is 5.02 Å². The molecule has 4 rings (SSSR count). The number of anilines is 1. The molecule has 2 heterocycles. The fourth-order valence-electron chi connectivity index (χ4n) is 3.23. The number of sulfonamides is 1. The monoisotopic (exact) mass is 496 g/mol. The molecule has 0 aliphatic rings. The average molecular weight is 497 g/mol. The number of rotatable bonds is 9. The van der Waals surface area contributed by atoms with Gasteiger partial charge in [-0.3, -0.25) is 4.79 Å². The zero-order chi connectivity index (χ0) is 24.1. The van der Waals surface area contributed by atoms with Gasteiger partial charge in [-0.2, -0.15) is 5.10 Å². The molecule has 2 aromatic heterocycles. The van der Waals surface area contributed by atoms with Crippen molar-refractivity contribution >= 4 is 33.2 Å². The first-order valence-corrected chi connectivity index (χ1v) is 12.3. The van der Waals surface area contributed by atoms with Crippen LogP contribution in [0.4, 0.5) is 5.69 Å². The highest BCUT2D eigenvalue weighted by Crippen LogP contribution is 2.26. The lowest BCUT2D eigenvalue weighted by atomic mass is 10.2. The van der Waals surface area contributed by atoms with Crippen molar-refractivity contribution in [3.05, 3.63) is 102 Å². The highest BCUT2D eigenvalue weighted by atomic mass is 35.5. The van der Waals surface area contributed by atoms with Crippen molar-refractivity contribution in [3.63, 3.8) is 0 Å². The molecule has 1 amide bonds. The second-order valence-electron chi connectivity index (χ2n) is 7.33. The number of furan rings is 1. The quantitative estimate of drug-likeness (QED) is 0.328. The summed E-state index contributed by atoms with van der Waals surface area (Å²) >= 11 is 6.14. The standard InChI is InChI=1S/C24H21ClN4O4S/c1-2-12-26-34(31,32)16-17-8-10-19(11-9-17)27-24(30)21-15-22(23-7-4-13-33-23)29(28-21)20-6-3-5-18(25)14-20/h2-11,13-15,26H,1,12,16H2,(H,27,30). The molecule has 0 saturated heterocycles. The predicted molar refractivity (Wildman–Crippen MR) is 131 cm³/mol. The van der Waals surface area contributed by atoms with Crippen LogP contribution in [-0.2, 0) is 15.8 Å². The summed E-state index contributed by atoms with van der Waals surface area (Å²) in [4.78, 5) is 12.9. The summed E-state index contributed by atoms with van der Waals surface area (Å²) in [5.74, 6) is -0.0604. The van der Waals surface area contributed by atoms with E-state index < -0.39 is 15.9 Å². The Morgan fingerprint density at radius 1 is 1.12 bits per heavy atom. The maximum atomic E-state index is 12.9. The van der Waals surface area contributed by atoms with Crippen molar-refractivity contribution in [2.24, 2.45) is 0 Å². The molecule has 0 saturated carbocycles. The van der Waals surface area contributed by atoms with E-state index >= 15 is 0 Å². The van der Waals surface area contributed by atoms with Crippen LogP contribution in [0.3, 0.4) is 0 Å². The summed E-state index contributed by atoms with van der Waals surface area (Å²) in [5, 5.41) is 7.77. The highest BCUT2D eigenvalue weighted by molar-refractivity contribution is 7.88. The Morgan fingerprint density at radius 3 is 2.59 bits per heavy atom. The van der Waals surface area contributed by atoms with Crippen LogP contribution in [0.15, 0.2) is 90.1 Å². The third-order valence-electron chi connectivity index (χ3n) is 4.78. The van der Waals surface area contributed by atoms with Crippen molar-refractivity contribution in [2.45, 2.75) is 5.75 Å². The molecule has 0 aliphatic carbocycles. The van der Waals surface area contributed by atoms with Gasteiger partial charge in [0, 0.05) is 23.3 Å². The SMILES string of the molecule is C=CCNS(=O)(=O)Cc1ccc(NC(=O)c2cc(-c3ccco3)n(-c3cccc(Cl)c3)n2)cc1. The van der Waals surface area contributed by atoms with E-state index in [1.165, 1.54) is 6.08 Å². The van der Waals surface area contributed by atoms with Crippen LogP contribution >= 0.6 is 11.6 Å². The molecule has 8 nitrogen and oxygen atoms in total. The Hall–Kier alpha value is -3.66. The van der Waals surface area contributed by atoms with Gasteiger partial charge in [0.15, 0.2) is 11.5 Å². The first-order chi connectivity index (χ1) is 16.3. The van der Waals surface area contributed by atoms with Gasteiger partial charge in [0.25, 0.3) is 5.91 Å². The Bertz CT molecular complexity index is 1410. The lowest BCUT2D eigenvalue weighted by molar-refractivity contribution is 0.102. The number of nitrogens with one attached hydrogen (secondary N) is 2. The van der Waals surface area contributed by atoms with Gasteiger partial charge in [0.2, 0.25) is 10.0 Å². The lowest BCUT2D eigenvalue weighted by Crippen LogP contribution is -2.25. The lowest BCUT2D eigenvalue weighted by Gasteiger charge is -2.07. The van der Waals surface area contributed by atoms with E-state index in [1.807, 2.05) is 6.07 Å². The molecule has 34 heavy (non-hydrogen) atoms. The molecular weight excluding hydrogens is 476 g/mol. The van der Waals surface area contributed by atoms with Gasteiger partial charge >= 0.3 is 0 Å². The third-order valence-corrected chi connectivity index (χ3v) is 6.34. The number of aromatic nitrogens is 2. The van der Waals surface area contributed by atoms with Gasteiger partial charge in [0.1, 0.15) is 5.69 Å². The topological polar surface area (TPSA) is 106 Å². The van der Waals surface area contributed by atoms with Crippen LogP contribution in [0.5, 0.6) is 0 Å². The normalized spacial score (nSPS) is 11.3. The molecule has 2 N–H and O–H groups in total. The minimum Gasteiger partial charge on any atom is -0.463 e. The first kappa shape index (κ1) is 23.5. The summed E-state index contributed by atoms with van der Waals surface area (Å²) in [6.07, 6.45) is 3.01. The molecule has 0 aliphatic heterocycles. The van der Waals surface area contributed by atoms with Crippen molar-refractivity contribution in [3.8, 4) is 17.1 Å². The largest absolute Gasteiger partial charge is 0.463 e. The van der Waals surface area contributed by atoms with Gasteiger partial charge in [-0.1, -0.05) is 35.9 Å². The number of carbonyl (C=O) groups excluding carboxylic acids is 1. The number of benzene rings is 2. The molecular formula is C24H21ClN4O4S. The molecule has 4 aromatic rings. The van der Waals surface area contributed by atoms with E-state index in [4.69, 9.17) is 16.0 Å². The average Bonchev–Trinajstić information content (AvgIpc) is 3.49. The summed E-state index contributed by atoms with van der Waals surface area (Å²) in [6, 6.07) is 18.8. The number of hydrogen-bond acceptors (Lipinski definition) is 5. The van der Waals surface area contributed by atoms with Gasteiger partial charge in [-0.25, -0.2) is 17.8 Å². The molecule has 0 atom stereocenters. The maximum Gasteiger partial charge on any atom is 0.276 e. The number of hydrogen-bond donors (Lipinski definition) is 2. The van der Waals surface area contributed by atoms with Crippen molar-refractivity contribution in [1.29, 1.82) is 0 Å². The summed E-state index contributed by atoms with van der Waals surface area (Å²) in [7, 11) is -3.47. The molecule has 0 radical (unpaired) electrons. The molecule has 0 fully saturated rings. The molecule has 174 valence electrons. The number of nitrogens with zero attached hydrogens (tertiary/aromatic N) is 2. The van der Waals surface area contributed by atoms with E-state index in [1.54, 1.807) is 71.6 Å². The molecule has 0 unspecified atom stereocenters. The third kappa shape index (κ3) is 5.63. The smallest absolute Gasteiger partial charge is 0.276 e. The molecule has 10 heteroatoms. The Balaban J connectivity index is 1.54. The molecule has 0 bridgehead atoms. The molecule has 0 spiro atoms. The van der Waals surface area contributed by atoms with Gasteiger partial charge in [-0.15, -0.1) is 6.58 Å². The Labute approximate surface area is 201 Å². The van der Waals surface area contributed by atoms with Crippen molar-refractivity contribution < 1.29 is 17.6 Å². The summed E-state index contributed by atoms with van der Waals surface area (Å²) < 4.78 is 33.6. The second kappa shape index (κ2) is 10.1. The van der Waals surface area contributed by atoms with Crippen LogP contribution in [0, 0.1) is 0 Å². The van der Waals surface area contributed by atoms with Crippen LogP contribution < -0.4 is 10.0 Å². The van der Waals surface area contributed by atoms with Gasteiger partial charge in [-0.05, 0) is 48.0 Å². The fraction of sp³-hybridized carbons (Fsp3) is 0.0833. The van der Waals surface area contributed by atoms with Gasteiger partial charge < -0.3 is 9.73 Å². The fourth-order valence-corrected chi connectivity index (χ4v) is 4.52. The predicted octanol–water partition coefficient (Wildman–Crippen LogP) is 4.64. The van der Waals surface area contributed by atoms with Crippen molar-refractivity contribution in [1.82, 2.24) is 14.5 Å². The second-order valence-corrected chi connectivity index (χ2v) is 9.57. The number of halogens is 1. The zero-order valence-electron chi connectivity index (χ0n) is 17.9. The maximum absolute atomic E-state index is 12.9.